The van der Waals surface area contributed by atoms with Crippen LogP contribution in [0.5, 0.6) is 5.75 Å². The molecule has 0 saturated carbocycles. The van der Waals surface area contributed by atoms with Gasteiger partial charge in [0.05, 0.1) is 5.02 Å². The third-order valence-electron chi connectivity index (χ3n) is 3.30. The van der Waals surface area contributed by atoms with Gasteiger partial charge in [0.15, 0.2) is 6.10 Å². The highest BCUT2D eigenvalue weighted by atomic mass is 35.5. The number of benzene rings is 2. The zero-order valence-corrected chi connectivity index (χ0v) is 15.3. The van der Waals surface area contributed by atoms with Crippen molar-refractivity contribution in [3.63, 3.8) is 0 Å². The number of ether oxygens (including phenoxy) is 1. The molecule has 0 aromatic heterocycles. The highest BCUT2D eigenvalue weighted by molar-refractivity contribution is 6.35. The third-order valence-corrected chi connectivity index (χ3v) is 3.83. The molecular formula is C18H18Cl2N2O3. The molecule has 0 bridgehead atoms. The second-order valence-electron chi connectivity index (χ2n) is 5.31. The fraction of sp³-hybridized carbons (Fsp3) is 0.222. The van der Waals surface area contributed by atoms with Crippen LogP contribution in [-0.4, -0.2) is 17.9 Å². The van der Waals surface area contributed by atoms with E-state index in [1.807, 2.05) is 0 Å². The molecule has 0 saturated heterocycles. The van der Waals surface area contributed by atoms with Crippen LogP contribution in [0.15, 0.2) is 42.5 Å². The zero-order valence-electron chi connectivity index (χ0n) is 13.8. The number of halogens is 2. The molecule has 1 atom stereocenters. The third kappa shape index (κ3) is 5.66. The Morgan fingerprint density at radius 2 is 1.76 bits per heavy atom. The van der Waals surface area contributed by atoms with Crippen molar-refractivity contribution in [2.45, 2.75) is 26.4 Å². The highest BCUT2D eigenvalue weighted by Gasteiger charge is 2.16. The first-order valence-corrected chi connectivity index (χ1v) is 8.47. The second kappa shape index (κ2) is 8.74. The molecule has 1 unspecified atom stereocenters. The van der Waals surface area contributed by atoms with E-state index in [0.29, 0.717) is 33.6 Å². The summed E-state index contributed by atoms with van der Waals surface area (Å²) in [6.45, 7) is 3.38. The number of carbonyl (C=O) groups is 2. The van der Waals surface area contributed by atoms with Crippen molar-refractivity contribution in [2.75, 3.05) is 10.6 Å². The van der Waals surface area contributed by atoms with Gasteiger partial charge in [-0.2, -0.15) is 0 Å². The number of hydrogen-bond acceptors (Lipinski definition) is 3. The molecule has 0 heterocycles. The van der Waals surface area contributed by atoms with E-state index in [-0.39, 0.29) is 11.8 Å². The van der Waals surface area contributed by atoms with Crippen molar-refractivity contribution < 1.29 is 14.3 Å². The number of rotatable bonds is 6. The molecule has 2 rings (SSSR count). The summed E-state index contributed by atoms with van der Waals surface area (Å²) >= 11 is 11.9. The standard InChI is InChI=1S/C18H18Cl2N2O3/c1-3-17(23)21-13-5-4-6-14(10-13)22-18(24)11(2)25-16-8-7-12(19)9-15(16)20/h4-11H,3H2,1-2H3,(H,21,23)(H,22,24). The van der Waals surface area contributed by atoms with Gasteiger partial charge in [-0.05, 0) is 43.3 Å². The van der Waals surface area contributed by atoms with Crippen molar-refractivity contribution in [1.29, 1.82) is 0 Å². The molecule has 7 heteroatoms. The SMILES string of the molecule is CCC(=O)Nc1cccc(NC(=O)C(C)Oc2ccc(Cl)cc2Cl)c1. The maximum atomic E-state index is 12.3. The van der Waals surface area contributed by atoms with Gasteiger partial charge in [-0.3, -0.25) is 9.59 Å². The Morgan fingerprint density at radius 1 is 1.08 bits per heavy atom. The quantitative estimate of drug-likeness (QED) is 0.759. The molecule has 0 aliphatic heterocycles. The Hall–Kier alpha value is -2.24. The average molecular weight is 381 g/mol. The first kappa shape index (κ1) is 19.1. The fourth-order valence-corrected chi connectivity index (χ4v) is 2.44. The smallest absolute Gasteiger partial charge is 0.265 e. The van der Waals surface area contributed by atoms with Crippen LogP contribution in [0.4, 0.5) is 11.4 Å². The maximum absolute atomic E-state index is 12.3. The largest absolute Gasteiger partial charge is 0.479 e. The van der Waals surface area contributed by atoms with Crippen LogP contribution in [0.3, 0.4) is 0 Å². The molecule has 25 heavy (non-hydrogen) atoms. The van der Waals surface area contributed by atoms with Gasteiger partial charge in [-0.15, -0.1) is 0 Å². The summed E-state index contributed by atoms with van der Waals surface area (Å²) < 4.78 is 5.57. The summed E-state index contributed by atoms with van der Waals surface area (Å²) in [6.07, 6.45) is -0.392. The maximum Gasteiger partial charge on any atom is 0.265 e. The van der Waals surface area contributed by atoms with Crippen LogP contribution < -0.4 is 15.4 Å². The summed E-state index contributed by atoms with van der Waals surface area (Å²) in [4.78, 5) is 23.7. The van der Waals surface area contributed by atoms with Gasteiger partial charge in [-0.1, -0.05) is 36.2 Å². The minimum Gasteiger partial charge on any atom is -0.479 e. The first-order chi connectivity index (χ1) is 11.9. The van der Waals surface area contributed by atoms with Crippen molar-refractivity contribution in [3.8, 4) is 5.75 Å². The van der Waals surface area contributed by atoms with Gasteiger partial charge >= 0.3 is 0 Å². The lowest BCUT2D eigenvalue weighted by atomic mass is 10.2. The lowest BCUT2D eigenvalue weighted by Crippen LogP contribution is -2.30. The van der Waals surface area contributed by atoms with Crippen LogP contribution >= 0.6 is 23.2 Å². The predicted molar refractivity (Wildman–Crippen MR) is 101 cm³/mol. The van der Waals surface area contributed by atoms with Gasteiger partial charge in [0.25, 0.3) is 5.91 Å². The van der Waals surface area contributed by atoms with Crippen LogP contribution in [0.2, 0.25) is 10.0 Å². The van der Waals surface area contributed by atoms with Gasteiger partial charge in [-0.25, -0.2) is 0 Å². The fourth-order valence-electron chi connectivity index (χ4n) is 1.98. The monoisotopic (exact) mass is 380 g/mol. The minimum atomic E-state index is -0.771. The Kier molecular flexibility index (Phi) is 6.67. The molecule has 0 spiro atoms. The minimum absolute atomic E-state index is 0.0995. The summed E-state index contributed by atoms with van der Waals surface area (Å²) in [5.41, 5.74) is 1.16. The molecule has 0 radical (unpaired) electrons. The van der Waals surface area contributed by atoms with E-state index in [9.17, 15) is 9.59 Å². The van der Waals surface area contributed by atoms with Crippen molar-refractivity contribution in [2.24, 2.45) is 0 Å². The average Bonchev–Trinajstić information content (AvgIpc) is 2.57. The van der Waals surface area contributed by atoms with E-state index in [2.05, 4.69) is 10.6 Å². The number of amides is 2. The molecule has 2 N–H and O–H groups in total. The van der Waals surface area contributed by atoms with Gasteiger partial charge < -0.3 is 15.4 Å². The molecule has 5 nitrogen and oxygen atoms in total. The van der Waals surface area contributed by atoms with E-state index in [4.69, 9.17) is 27.9 Å². The molecule has 132 valence electrons. The van der Waals surface area contributed by atoms with E-state index in [1.54, 1.807) is 56.3 Å². The lowest BCUT2D eigenvalue weighted by Gasteiger charge is -2.16. The van der Waals surface area contributed by atoms with Gasteiger partial charge in [0, 0.05) is 22.8 Å². The number of carbonyl (C=O) groups excluding carboxylic acids is 2. The lowest BCUT2D eigenvalue weighted by molar-refractivity contribution is -0.122. The Balaban J connectivity index is 2.01. The highest BCUT2D eigenvalue weighted by Crippen LogP contribution is 2.28. The van der Waals surface area contributed by atoms with E-state index >= 15 is 0 Å². The Labute approximate surface area is 156 Å². The van der Waals surface area contributed by atoms with Crippen molar-refractivity contribution in [3.05, 3.63) is 52.5 Å². The summed E-state index contributed by atoms with van der Waals surface area (Å²) in [7, 11) is 0. The first-order valence-electron chi connectivity index (χ1n) is 7.71. The molecule has 2 amide bonds. The zero-order chi connectivity index (χ0) is 18.4. The predicted octanol–water partition coefficient (Wildman–Crippen LogP) is 4.75. The summed E-state index contributed by atoms with van der Waals surface area (Å²) in [5.74, 6) is -0.0692. The van der Waals surface area contributed by atoms with Gasteiger partial charge in [0.2, 0.25) is 5.91 Å². The molecule has 2 aromatic rings. The topological polar surface area (TPSA) is 67.4 Å². The number of anilines is 2. The van der Waals surface area contributed by atoms with Crippen molar-refractivity contribution >= 4 is 46.4 Å². The molecule has 0 aliphatic rings. The molecule has 2 aromatic carbocycles. The number of nitrogens with one attached hydrogen (secondary N) is 2. The van der Waals surface area contributed by atoms with Crippen LogP contribution in [0.25, 0.3) is 0 Å². The van der Waals surface area contributed by atoms with E-state index in [1.165, 1.54) is 0 Å². The Bertz CT molecular complexity index is 781. The van der Waals surface area contributed by atoms with Crippen LogP contribution in [-0.2, 0) is 9.59 Å². The number of hydrogen-bond donors (Lipinski definition) is 2. The molecule has 0 aliphatic carbocycles. The summed E-state index contributed by atoms with van der Waals surface area (Å²) in [6, 6.07) is 11.7. The summed E-state index contributed by atoms with van der Waals surface area (Å²) in [5, 5.41) is 6.29. The molecule has 0 fully saturated rings. The van der Waals surface area contributed by atoms with Crippen molar-refractivity contribution in [1.82, 2.24) is 0 Å². The Morgan fingerprint density at radius 3 is 2.40 bits per heavy atom. The second-order valence-corrected chi connectivity index (χ2v) is 6.15. The molecular weight excluding hydrogens is 363 g/mol. The van der Waals surface area contributed by atoms with Crippen LogP contribution in [0, 0.1) is 0 Å². The normalized spacial score (nSPS) is 11.5. The van der Waals surface area contributed by atoms with E-state index < -0.39 is 6.10 Å². The van der Waals surface area contributed by atoms with Crippen LogP contribution in [0.1, 0.15) is 20.3 Å². The van der Waals surface area contributed by atoms with Gasteiger partial charge in [0.1, 0.15) is 5.75 Å². The van der Waals surface area contributed by atoms with E-state index in [0.717, 1.165) is 0 Å².